The summed E-state index contributed by atoms with van der Waals surface area (Å²) in [7, 11) is -4.39. The number of hydrogen-bond acceptors (Lipinski definition) is 5. The summed E-state index contributed by atoms with van der Waals surface area (Å²) in [5.74, 6) is 0.430. The normalized spacial score (nSPS) is 11.5. The van der Waals surface area contributed by atoms with Crippen molar-refractivity contribution in [2.75, 3.05) is 0 Å². The van der Waals surface area contributed by atoms with Crippen LogP contribution in [0.2, 0.25) is 5.02 Å². The minimum Gasteiger partial charge on any atom is -0.489 e. The lowest BCUT2D eigenvalue weighted by atomic mass is 10.2. The first-order chi connectivity index (χ1) is 14.4. The van der Waals surface area contributed by atoms with Gasteiger partial charge in [0, 0.05) is 11.1 Å². The minimum atomic E-state index is -4.39. The fraction of sp³-hybridized carbons (Fsp3) is 0.0476. The molecule has 0 atom stereocenters. The Morgan fingerprint density at radius 1 is 0.933 bits per heavy atom. The van der Waals surface area contributed by atoms with Crippen LogP contribution in [0.5, 0.6) is 5.75 Å². The fourth-order valence-corrected chi connectivity index (χ4v) is 4.34. The number of hydrogen-bond donors (Lipinski definition) is 1. The zero-order valence-corrected chi connectivity index (χ0v) is 17.0. The summed E-state index contributed by atoms with van der Waals surface area (Å²) in [5, 5.41) is 0.371. The van der Waals surface area contributed by atoms with Crippen molar-refractivity contribution in [1.29, 1.82) is 0 Å². The maximum atomic E-state index is 12.8. The first-order valence-electron chi connectivity index (χ1n) is 8.83. The summed E-state index contributed by atoms with van der Waals surface area (Å²) >= 11 is 5.78. The molecule has 0 spiro atoms. The minimum absolute atomic E-state index is 0.0409. The summed E-state index contributed by atoms with van der Waals surface area (Å²) in [6, 6.07) is 19.1. The van der Waals surface area contributed by atoms with Crippen LogP contribution in [-0.4, -0.2) is 17.4 Å². The number of benzene rings is 3. The van der Waals surface area contributed by atoms with E-state index in [1.807, 2.05) is 30.3 Å². The summed E-state index contributed by atoms with van der Waals surface area (Å²) in [5.41, 5.74) is -0.880. The number of aromatic amines is 1. The van der Waals surface area contributed by atoms with Gasteiger partial charge in [-0.05, 0) is 42.0 Å². The maximum Gasteiger partial charge on any atom is 0.343 e. The highest BCUT2D eigenvalue weighted by Gasteiger charge is 2.23. The number of H-pyrrole nitrogens is 1. The Kier molecular flexibility index (Phi) is 5.19. The monoisotopic (exact) mass is 442 g/mol. The quantitative estimate of drug-likeness (QED) is 0.512. The molecule has 0 amide bonds. The molecular weight excluding hydrogens is 428 g/mol. The Bertz CT molecular complexity index is 1440. The number of rotatable bonds is 5. The molecule has 0 unspecified atom stereocenters. The SMILES string of the molecule is O=c1[nH]c2cc(OCc3ccccc3)ccc2c(=O)n1S(=O)(=O)c1ccc(Cl)cc1. The topological polar surface area (TPSA) is 98.2 Å². The van der Waals surface area contributed by atoms with E-state index < -0.39 is 21.3 Å². The standard InChI is InChI=1S/C21H15ClN2O5S/c22-15-6-9-17(10-7-15)30(27,28)24-20(25)18-11-8-16(12-19(18)23-21(24)26)29-13-14-4-2-1-3-5-14/h1-12H,13H2,(H,23,26). The summed E-state index contributed by atoms with van der Waals surface area (Å²) < 4.78 is 31.6. The molecule has 1 aromatic heterocycles. The molecule has 0 saturated carbocycles. The van der Waals surface area contributed by atoms with Crippen LogP contribution in [0.1, 0.15) is 5.56 Å². The van der Waals surface area contributed by atoms with Crippen molar-refractivity contribution in [2.45, 2.75) is 11.5 Å². The van der Waals surface area contributed by atoms with E-state index in [2.05, 4.69) is 4.98 Å². The van der Waals surface area contributed by atoms with Crippen LogP contribution in [0.3, 0.4) is 0 Å². The predicted octanol–water partition coefficient (Wildman–Crippen LogP) is 3.16. The number of aromatic nitrogens is 2. The molecule has 1 N–H and O–H groups in total. The fourth-order valence-electron chi connectivity index (χ4n) is 2.94. The Hall–Kier alpha value is -3.36. The van der Waals surface area contributed by atoms with E-state index >= 15 is 0 Å². The second-order valence-corrected chi connectivity index (χ2v) is 8.66. The van der Waals surface area contributed by atoms with Gasteiger partial charge in [0.15, 0.2) is 0 Å². The highest BCUT2D eigenvalue weighted by molar-refractivity contribution is 7.90. The van der Waals surface area contributed by atoms with E-state index in [9.17, 15) is 18.0 Å². The van der Waals surface area contributed by atoms with E-state index in [1.165, 1.54) is 36.4 Å². The van der Waals surface area contributed by atoms with Gasteiger partial charge in [0.1, 0.15) is 12.4 Å². The third-order valence-corrected chi connectivity index (χ3v) is 6.36. The molecule has 0 aliphatic carbocycles. The van der Waals surface area contributed by atoms with Crippen LogP contribution < -0.4 is 16.0 Å². The molecule has 0 aliphatic rings. The Morgan fingerprint density at radius 2 is 1.63 bits per heavy atom. The summed E-state index contributed by atoms with van der Waals surface area (Å²) in [6.45, 7) is 0.304. The zero-order chi connectivity index (χ0) is 21.3. The molecule has 1 heterocycles. The largest absolute Gasteiger partial charge is 0.489 e. The van der Waals surface area contributed by atoms with Gasteiger partial charge in [-0.2, -0.15) is 0 Å². The van der Waals surface area contributed by atoms with Gasteiger partial charge in [0.25, 0.3) is 15.6 Å². The third-order valence-electron chi connectivity index (χ3n) is 4.43. The van der Waals surface area contributed by atoms with E-state index in [4.69, 9.17) is 16.3 Å². The molecule has 30 heavy (non-hydrogen) atoms. The molecule has 152 valence electrons. The Labute approximate surface area is 176 Å². The van der Waals surface area contributed by atoms with E-state index in [-0.39, 0.29) is 19.8 Å². The molecular formula is C21H15ClN2O5S. The maximum absolute atomic E-state index is 12.8. The van der Waals surface area contributed by atoms with Crippen LogP contribution in [0.15, 0.2) is 87.3 Å². The number of nitrogens with zero attached hydrogens (tertiary/aromatic N) is 1. The van der Waals surface area contributed by atoms with Gasteiger partial charge in [-0.1, -0.05) is 41.9 Å². The van der Waals surface area contributed by atoms with Crippen LogP contribution in [0, 0.1) is 0 Å². The predicted molar refractivity (Wildman–Crippen MR) is 114 cm³/mol. The van der Waals surface area contributed by atoms with Gasteiger partial charge in [-0.25, -0.2) is 13.2 Å². The van der Waals surface area contributed by atoms with Gasteiger partial charge in [-0.3, -0.25) is 4.79 Å². The van der Waals surface area contributed by atoms with Crippen molar-refractivity contribution in [2.24, 2.45) is 0 Å². The van der Waals surface area contributed by atoms with E-state index in [0.717, 1.165) is 5.56 Å². The van der Waals surface area contributed by atoms with Gasteiger partial charge in [0.2, 0.25) is 0 Å². The van der Waals surface area contributed by atoms with E-state index in [0.29, 0.717) is 17.4 Å². The zero-order valence-electron chi connectivity index (χ0n) is 15.4. The van der Waals surface area contributed by atoms with Crippen molar-refractivity contribution in [3.63, 3.8) is 0 Å². The first kappa shape index (κ1) is 19.9. The molecule has 4 rings (SSSR count). The lowest BCUT2D eigenvalue weighted by molar-refractivity contribution is 0.306. The van der Waals surface area contributed by atoms with Crippen molar-refractivity contribution in [3.05, 3.63) is 104 Å². The smallest absolute Gasteiger partial charge is 0.343 e. The molecule has 0 aliphatic heterocycles. The number of nitrogens with one attached hydrogen (secondary N) is 1. The average molecular weight is 443 g/mol. The van der Waals surface area contributed by atoms with Crippen LogP contribution in [0.4, 0.5) is 0 Å². The van der Waals surface area contributed by atoms with Gasteiger partial charge < -0.3 is 9.72 Å². The van der Waals surface area contributed by atoms with Crippen molar-refractivity contribution >= 4 is 32.5 Å². The van der Waals surface area contributed by atoms with Crippen LogP contribution >= 0.6 is 11.6 Å². The lowest BCUT2D eigenvalue weighted by Gasteiger charge is -2.10. The van der Waals surface area contributed by atoms with E-state index in [1.54, 1.807) is 6.07 Å². The number of ether oxygens (including phenoxy) is 1. The second kappa shape index (κ2) is 7.81. The summed E-state index contributed by atoms with van der Waals surface area (Å²) in [4.78, 5) is 27.5. The average Bonchev–Trinajstić information content (AvgIpc) is 2.73. The first-order valence-corrected chi connectivity index (χ1v) is 10.6. The highest BCUT2D eigenvalue weighted by atomic mass is 35.5. The molecule has 0 radical (unpaired) electrons. The highest BCUT2D eigenvalue weighted by Crippen LogP contribution is 2.19. The van der Waals surface area contributed by atoms with Crippen molar-refractivity contribution < 1.29 is 13.2 Å². The van der Waals surface area contributed by atoms with Crippen LogP contribution in [0.25, 0.3) is 10.9 Å². The number of halogens is 1. The van der Waals surface area contributed by atoms with Gasteiger partial charge in [0.05, 0.1) is 15.8 Å². The number of fused-ring (bicyclic) bond motifs is 1. The molecule has 0 saturated heterocycles. The lowest BCUT2D eigenvalue weighted by Crippen LogP contribution is -2.39. The van der Waals surface area contributed by atoms with Gasteiger partial charge in [-0.15, -0.1) is 3.97 Å². The van der Waals surface area contributed by atoms with Crippen molar-refractivity contribution in [1.82, 2.24) is 8.96 Å². The van der Waals surface area contributed by atoms with Crippen LogP contribution in [-0.2, 0) is 16.6 Å². The molecule has 0 fully saturated rings. The van der Waals surface area contributed by atoms with Gasteiger partial charge >= 0.3 is 5.69 Å². The second-order valence-electron chi connectivity index (χ2n) is 6.44. The third kappa shape index (κ3) is 3.74. The van der Waals surface area contributed by atoms with Crippen molar-refractivity contribution in [3.8, 4) is 5.75 Å². The molecule has 9 heteroatoms. The molecule has 4 aromatic rings. The molecule has 3 aromatic carbocycles. The molecule has 0 bridgehead atoms. The summed E-state index contributed by atoms with van der Waals surface area (Å²) in [6.07, 6.45) is 0. The Balaban J connectivity index is 1.74. The molecule has 7 nitrogen and oxygen atoms in total. The Morgan fingerprint density at radius 3 is 2.33 bits per heavy atom.